The number of thiocarbonyl (C=S) groups is 1. The first kappa shape index (κ1) is 13.1. The molecule has 1 heterocycles. The Labute approximate surface area is 114 Å². The van der Waals surface area contributed by atoms with Gasteiger partial charge in [-0.05, 0) is 30.9 Å². The van der Waals surface area contributed by atoms with Gasteiger partial charge in [0.25, 0.3) is 0 Å². The van der Waals surface area contributed by atoms with Crippen molar-refractivity contribution in [1.29, 1.82) is 0 Å². The standard InChI is InChI=1S/C15H20N2S/c1-11(2)5-4-9-17-10-8-12-13(15(16)18)6-3-7-14(12)17/h3,6-8,10-11H,4-5,9H2,1-2H3,(H2,16,18). The van der Waals surface area contributed by atoms with Gasteiger partial charge in [0, 0.05) is 29.2 Å². The molecule has 2 rings (SSSR count). The van der Waals surface area contributed by atoms with Crippen LogP contribution in [-0.4, -0.2) is 9.56 Å². The van der Waals surface area contributed by atoms with Crippen molar-refractivity contribution < 1.29 is 0 Å². The second kappa shape index (κ2) is 5.53. The molecule has 2 nitrogen and oxygen atoms in total. The highest BCUT2D eigenvalue weighted by molar-refractivity contribution is 7.80. The van der Waals surface area contributed by atoms with E-state index in [1.54, 1.807) is 0 Å². The molecule has 2 aromatic rings. The highest BCUT2D eigenvalue weighted by Gasteiger charge is 2.07. The molecule has 0 fully saturated rings. The third kappa shape index (κ3) is 2.72. The summed E-state index contributed by atoms with van der Waals surface area (Å²) in [5.74, 6) is 0.763. The first-order valence-electron chi connectivity index (χ1n) is 6.47. The third-order valence-electron chi connectivity index (χ3n) is 3.26. The fourth-order valence-electron chi connectivity index (χ4n) is 2.30. The van der Waals surface area contributed by atoms with E-state index in [2.05, 4.69) is 36.7 Å². The Hall–Kier alpha value is -1.35. The first-order chi connectivity index (χ1) is 8.59. The van der Waals surface area contributed by atoms with Gasteiger partial charge in [0.2, 0.25) is 0 Å². The third-order valence-corrected chi connectivity index (χ3v) is 3.48. The molecule has 0 atom stereocenters. The minimum absolute atomic E-state index is 0.473. The van der Waals surface area contributed by atoms with E-state index in [1.165, 1.54) is 18.4 Å². The van der Waals surface area contributed by atoms with Crippen LogP contribution in [0.15, 0.2) is 30.5 Å². The summed E-state index contributed by atoms with van der Waals surface area (Å²) < 4.78 is 2.29. The lowest BCUT2D eigenvalue weighted by molar-refractivity contribution is 0.518. The zero-order valence-corrected chi connectivity index (χ0v) is 11.8. The van der Waals surface area contributed by atoms with Crippen LogP contribution in [0.1, 0.15) is 32.3 Å². The van der Waals surface area contributed by atoms with Gasteiger partial charge >= 0.3 is 0 Å². The Morgan fingerprint density at radius 2 is 2.11 bits per heavy atom. The van der Waals surface area contributed by atoms with Gasteiger partial charge in [-0.1, -0.05) is 38.2 Å². The van der Waals surface area contributed by atoms with Crippen LogP contribution in [0.4, 0.5) is 0 Å². The summed E-state index contributed by atoms with van der Waals surface area (Å²) in [5, 5.41) is 1.16. The van der Waals surface area contributed by atoms with Gasteiger partial charge in [0.15, 0.2) is 0 Å². The van der Waals surface area contributed by atoms with E-state index in [4.69, 9.17) is 18.0 Å². The first-order valence-corrected chi connectivity index (χ1v) is 6.88. The van der Waals surface area contributed by atoms with E-state index in [9.17, 15) is 0 Å². The van der Waals surface area contributed by atoms with Gasteiger partial charge < -0.3 is 10.3 Å². The van der Waals surface area contributed by atoms with Gasteiger partial charge in [-0.3, -0.25) is 0 Å². The van der Waals surface area contributed by atoms with Crippen molar-refractivity contribution in [1.82, 2.24) is 4.57 Å². The Morgan fingerprint density at radius 3 is 2.78 bits per heavy atom. The number of benzene rings is 1. The number of hydrogen-bond donors (Lipinski definition) is 1. The van der Waals surface area contributed by atoms with Crippen molar-refractivity contribution in [3.05, 3.63) is 36.0 Å². The lowest BCUT2D eigenvalue weighted by Gasteiger charge is -2.08. The molecule has 0 bridgehead atoms. The lowest BCUT2D eigenvalue weighted by Crippen LogP contribution is -2.09. The van der Waals surface area contributed by atoms with Gasteiger partial charge in [0.1, 0.15) is 4.99 Å². The maximum atomic E-state index is 5.75. The molecular weight excluding hydrogens is 240 g/mol. The van der Waals surface area contributed by atoms with E-state index < -0.39 is 0 Å². The second-order valence-corrected chi connectivity index (χ2v) is 5.59. The van der Waals surface area contributed by atoms with Crippen molar-refractivity contribution in [3.8, 4) is 0 Å². The molecule has 0 unspecified atom stereocenters. The number of rotatable bonds is 5. The Balaban J connectivity index is 2.26. The average molecular weight is 260 g/mol. The monoisotopic (exact) mass is 260 g/mol. The highest BCUT2D eigenvalue weighted by Crippen LogP contribution is 2.21. The smallest absolute Gasteiger partial charge is 0.104 e. The van der Waals surface area contributed by atoms with Crippen LogP contribution < -0.4 is 5.73 Å². The van der Waals surface area contributed by atoms with Gasteiger partial charge in [-0.2, -0.15) is 0 Å². The second-order valence-electron chi connectivity index (χ2n) is 5.15. The van der Waals surface area contributed by atoms with Gasteiger partial charge in [-0.25, -0.2) is 0 Å². The zero-order chi connectivity index (χ0) is 13.1. The molecule has 0 saturated heterocycles. The maximum Gasteiger partial charge on any atom is 0.104 e. The SMILES string of the molecule is CC(C)CCCn1ccc2c(C(N)=S)cccc21. The van der Waals surface area contributed by atoms with Crippen molar-refractivity contribution >= 4 is 28.1 Å². The molecule has 0 aliphatic carbocycles. The van der Waals surface area contributed by atoms with Crippen LogP contribution in [0.3, 0.4) is 0 Å². The molecule has 3 heteroatoms. The largest absolute Gasteiger partial charge is 0.389 e. The Kier molecular flexibility index (Phi) is 4.02. The highest BCUT2D eigenvalue weighted by atomic mass is 32.1. The number of aromatic nitrogens is 1. The summed E-state index contributed by atoms with van der Waals surface area (Å²) in [7, 11) is 0. The molecule has 18 heavy (non-hydrogen) atoms. The fourth-order valence-corrected chi connectivity index (χ4v) is 2.48. The van der Waals surface area contributed by atoms with Crippen molar-refractivity contribution in [2.24, 2.45) is 11.7 Å². The number of nitrogens with two attached hydrogens (primary N) is 1. The van der Waals surface area contributed by atoms with Crippen LogP contribution in [0.25, 0.3) is 10.9 Å². The summed E-state index contributed by atoms with van der Waals surface area (Å²) >= 11 is 5.09. The molecule has 0 radical (unpaired) electrons. The summed E-state index contributed by atoms with van der Waals surface area (Å²) in [4.78, 5) is 0.473. The number of hydrogen-bond acceptors (Lipinski definition) is 1. The van der Waals surface area contributed by atoms with Crippen LogP contribution in [0.2, 0.25) is 0 Å². The minimum Gasteiger partial charge on any atom is -0.389 e. The van der Waals surface area contributed by atoms with Crippen LogP contribution >= 0.6 is 12.2 Å². The molecule has 0 saturated carbocycles. The van der Waals surface area contributed by atoms with Crippen molar-refractivity contribution in [2.45, 2.75) is 33.2 Å². The lowest BCUT2D eigenvalue weighted by atomic mass is 10.1. The molecule has 0 aliphatic heterocycles. The van der Waals surface area contributed by atoms with Crippen molar-refractivity contribution in [3.63, 3.8) is 0 Å². The van der Waals surface area contributed by atoms with E-state index in [-0.39, 0.29) is 0 Å². The minimum atomic E-state index is 0.473. The molecule has 1 aromatic carbocycles. The molecular formula is C15H20N2S. The molecule has 0 spiro atoms. The molecule has 96 valence electrons. The van der Waals surface area contributed by atoms with Crippen LogP contribution in [0, 0.1) is 5.92 Å². The number of fused-ring (bicyclic) bond motifs is 1. The maximum absolute atomic E-state index is 5.75. The quantitative estimate of drug-likeness (QED) is 0.831. The predicted octanol–water partition coefficient (Wildman–Crippen LogP) is 3.71. The van der Waals surface area contributed by atoms with E-state index in [0.717, 1.165) is 23.4 Å². The molecule has 1 aromatic heterocycles. The molecule has 0 aliphatic rings. The van der Waals surface area contributed by atoms with Gasteiger partial charge in [0.05, 0.1) is 0 Å². The molecule has 0 amide bonds. The van der Waals surface area contributed by atoms with Crippen molar-refractivity contribution in [2.75, 3.05) is 0 Å². The van der Waals surface area contributed by atoms with Crippen LogP contribution in [-0.2, 0) is 6.54 Å². The van der Waals surface area contributed by atoms with E-state index in [0.29, 0.717) is 4.99 Å². The Bertz CT molecular complexity index is 555. The van der Waals surface area contributed by atoms with Gasteiger partial charge in [-0.15, -0.1) is 0 Å². The van der Waals surface area contributed by atoms with E-state index >= 15 is 0 Å². The normalized spacial score (nSPS) is 11.3. The zero-order valence-electron chi connectivity index (χ0n) is 11.0. The molecule has 2 N–H and O–H groups in total. The summed E-state index contributed by atoms with van der Waals surface area (Å²) in [6.45, 7) is 5.58. The van der Waals surface area contributed by atoms with Crippen LogP contribution in [0.5, 0.6) is 0 Å². The Morgan fingerprint density at radius 1 is 1.33 bits per heavy atom. The summed E-state index contributed by atoms with van der Waals surface area (Å²) in [5.41, 5.74) is 7.95. The summed E-state index contributed by atoms with van der Waals surface area (Å²) in [6, 6.07) is 8.25. The predicted molar refractivity (Wildman–Crippen MR) is 81.9 cm³/mol. The summed E-state index contributed by atoms with van der Waals surface area (Å²) in [6.07, 6.45) is 4.60. The number of aryl methyl sites for hydroxylation is 1. The average Bonchev–Trinajstić information content (AvgIpc) is 2.72. The number of nitrogens with zero attached hydrogens (tertiary/aromatic N) is 1. The topological polar surface area (TPSA) is 30.9 Å². The fraction of sp³-hybridized carbons (Fsp3) is 0.400. The van der Waals surface area contributed by atoms with E-state index in [1.807, 2.05) is 12.1 Å².